The van der Waals surface area contributed by atoms with Crippen molar-refractivity contribution in [1.82, 2.24) is 4.72 Å². The van der Waals surface area contributed by atoms with Gasteiger partial charge in [-0.25, -0.2) is 8.78 Å². The van der Waals surface area contributed by atoms with Gasteiger partial charge in [-0.05, 0) is 69.4 Å². The average Bonchev–Trinajstić information content (AvgIpc) is 3.01. The quantitative estimate of drug-likeness (QED) is 0.656. The Morgan fingerprint density at radius 2 is 2.04 bits per heavy atom. The maximum absolute atomic E-state index is 13.9. The van der Waals surface area contributed by atoms with Crippen LogP contribution in [0, 0.1) is 5.92 Å². The van der Waals surface area contributed by atoms with E-state index < -0.39 is 11.8 Å². The number of thiophene rings is 1. The number of halogens is 2. The summed E-state index contributed by atoms with van der Waals surface area (Å²) in [5, 5.41) is 4.49. The molecule has 2 fully saturated rings. The summed E-state index contributed by atoms with van der Waals surface area (Å²) in [4.78, 5) is 2.66. The van der Waals surface area contributed by atoms with Gasteiger partial charge in [0.25, 0.3) is 0 Å². The molecule has 2 unspecified atom stereocenters. The molecule has 2 nitrogen and oxygen atoms in total. The van der Waals surface area contributed by atoms with Crippen LogP contribution in [-0.4, -0.2) is 17.9 Å². The molecule has 0 aromatic carbocycles. The first-order chi connectivity index (χ1) is 11.4. The Morgan fingerprint density at radius 1 is 1.33 bits per heavy atom. The molecule has 0 radical (unpaired) electrons. The van der Waals surface area contributed by atoms with Crippen LogP contribution in [0.2, 0.25) is 0 Å². The van der Waals surface area contributed by atoms with Crippen molar-refractivity contribution in [2.24, 2.45) is 5.92 Å². The molecule has 2 N–H and O–H groups in total. The van der Waals surface area contributed by atoms with Gasteiger partial charge in [0, 0.05) is 22.5 Å². The minimum atomic E-state index is -1.10. The van der Waals surface area contributed by atoms with Gasteiger partial charge in [-0.3, -0.25) is 4.72 Å². The summed E-state index contributed by atoms with van der Waals surface area (Å²) >= 11 is 3.41. The van der Waals surface area contributed by atoms with Gasteiger partial charge in [0.2, 0.25) is 0 Å². The monoisotopic (exact) mass is 370 g/mol. The van der Waals surface area contributed by atoms with Gasteiger partial charge in [-0.2, -0.15) is 0 Å². The predicted molar refractivity (Wildman–Crippen MR) is 98.3 cm³/mol. The van der Waals surface area contributed by atoms with Crippen LogP contribution < -0.4 is 10.0 Å². The smallest absolute Gasteiger partial charge is 0.117 e. The third-order valence-electron chi connectivity index (χ3n) is 5.40. The number of fused-ring (bicyclic) bond motifs is 1. The zero-order valence-electron chi connectivity index (χ0n) is 14.0. The highest BCUT2D eigenvalue weighted by molar-refractivity contribution is 7.97. The van der Waals surface area contributed by atoms with Gasteiger partial charge in [-0.1, -0.05) is 6.58 Å². The molecule has 0 aliphatic heterocycles. The maximum atomic E-state index is 13.9. The molecule has 1 aromatic heterocycles. The van der Waals surface area contributed by atoms with Crippen molar-refractivity contribution in [3.63, 3.8) is 0 Å². The van der Waals surface area contributed by atoms with Crippen molar-refractivity contribution in [1.29, 1.82) is 0 Å². The van der Waals surface area contributed by atoms with Gasteiger partial charge in [0.1, 0.15) is 16.8 Å². The van der Waals surface area contributed by atoms with Crippen molar-refractivity contribution in [3.05, 3.63) is 22.7 Å². The molecule has 4 rings (SSSR count). The Kier molecular flexibility index (Phi) is 4.42. The molecule has 3 aliphatic rings. The first kappa shape index (κ1) is 16.9. The Bertz CT molecular complexity index is 650. The van der Waals surface area contributed by atoms with E-state index in [0.717, 1.165) is 23.5 Å². The zero-order chi connectivity index (χ0) is 16.9. The van der Waals surface area contributed by atoms with E-state index in [-0.39, 0.29) is 12.0 Å². The largest absolute Gasteiger partial charge is 0.350 e. The van der Waals surface area contributed by atoms with Crippen LogP contribution in [0.15, 0.2) is 17.2 Å². The Labute approximate surface area is 150 Å². The van der Waals surface area contributed by atoms with E-state index in [0.29, 0.717) is 19.3 Å². The second-order valence-corrected chi connectivity index (χ2v) is 9.49. The van der Waals surface area contributed by atoms with Crippen molar-refractivity contribution in [2.75, 3.05) is 5.32 Å². The fraction of sp³-hybridized carbons (Fsp3) is 0.667. The second-order valence-electron chi connectivity index (χ2n) is 7.54. The molecule has 24 heavy (non-hydrogen) atoms. The average molecular weight is 371 g/mol. The first-order valence-corrected chi connectivity index (χ1v) is 10.4. The van der Waals surface area contributed by atoms with E-state index in [4.69, 9.17) is 0 Å². The highest BCUT2D eigenvalue weighted by atomic mass is 32.2. The Balaban J connectivity index is 1.49. The molecule has 2 saturated carbocycles. The van der Waals surface area contributed by atoms with E-state index in [2.05, 4.69) is 16.6 Å². The second kappa shape index (κ2) is 6.29. The van der Waals surface area contributed by atoms with Gasteiger partial charge < -0.3 is 5.32 Å². The summed E-state index contributed by atoms with van der Waals surface area (Å²) < 4.78 is 30.4. The van der Waals surface area contributed by atoms with Gasteiger partial charge in [0.05, 0.1) is 4.90 Å². The number of aryl methyl sites for hydroxylation is 1. The molecule has 0 spiro atoms. The molecule has 0 bridgehead atoms. The minimum absolute atomic E-state index is 0.0821. The predicted octanol–water partition coefficient (Wildman–Crippen LogP) is 5.40. The number of alkyl halides is 2. The molecule has 3 aliphatic carbocycles. The van der Waals surface area contributed by atoms with E-state index in [1.165, 1.54) is 28.2 Å². The lowest BCUT2D eigenvalue weighted by Gasteiger charge is -2.30. The topological polar surface area (TPSA) is 24.1 Å². The summed E-state index contributed by atoms with van der Waals surface area (Å²) in [6.07, 6.45) is 5.82. The van der Waals surface area contributed by atoms with Crippen molar-refractivity contribution >= 4 is 28.3 Å². The van der Waals surface area contributed by atoms with Crippen LogP contribution in [0.25, 0.3) is 0 Å². The standard InChI is InChI=1S/C18H24F2N2S2/c1-10(14-9-18(14,2)20)21-17-16(24-22-12-7-11(19)8-12)13-5-3-4-6-15(13)23-17/h11-12,14,21-22H,1,3-9H2,2H3. The molecule has 0 saturated heterocycles. The number of hydrogen-bond donors (Lipinski definition) is 2. The van der Waals surface area contributed by atoms with E-state index in [1.807, 2.05) is 0 Å². The normalized spacial score (nSPS) is 34.4. The summed E-state index contributed by atoms with van der Waals surface area (Å²) in [6, 6.07) is 0.262. The van der Waals surface area contributed by atoms with Crippen LogP contribution >= 0.6 is 23.3 Å². The third-order valence-corrected chi connectivity index (χ3v) is 7.84. The van der Waals surface area contributed by atoms with Crippen LogP contribution in [0.4, 0.5) is 13.8 Å². The van der Waals surface area contributed by atoms with Crippen molar-refractivity contribution in [3.8, 4) is 0 Å². The van der Waals surface area contributed by atoms with Crippen LogP contribution in [-0.2, 0) is 12.8 Å². The third kappa shape index (κ3) is 3.25. The molecule has 0 amide bonds. The molecular weight excluding hydrogens is 346 g/mol. The molecule has 6 heteroatoms. The highest BCUT2D eigenvalue weighted by Gasteiger charge is 2.52. The molecular formula is C18H24F2N2S2. The number of rotatable bonds is 6. The lowest BCUT2D eigenvalue weighted by molar-refractivity contribution is 0.173. The van der Waals surface area contributed by atoms with Crippen LogP contribution in [0.1, 0.15) is 49.5 Å². The van der Waals surface area contributed by atoms with E-state index in [9.17, 15) is 8.78 Å². The summed E-state index contributed by atoms with van der Waals surface area (Å²) in [7, 11) is 0. The lowest BCUT2D eigenvalue weighted by Crippen LogP contribution is -2.38. The molecule has 1 aromatic rings. The number of nitrogens with one attached hydrogen (secondary N) is 2. The Hall–Kier alpha value is -0.590. The summed E-state index contributed by atoms with van der Waals surface area (Å²) in [5.74, 6) is -0.0821. The number of allylic oxidation sites excluding steroid dienone is 1. The zero-order valence-corrected chi connectivity index (χ0v) is 15.6. The highest BCUT2D eigenvalue weighted by Crippen LogP contribution is 2.52. The maximum Gasteiger partial charge on any atom is 0.117 e. The van der Waals surface area contributed by atoms with Gasteiger partial charge in [0.15, 0.2) is 0 Å². The molecule has 1 heterocycles. The minimum Gasteiger partial charge on any atom is -0.350 e. The first-order valence-electron chi connectivity index (χ1n) is 8.80. The van der Waals surface area contributed by atoms with Gasteiger partial charge >= 0.3 is 0 Å². The fourth-order valence-corrected chi connectivity index (χ4v) is 6.08. The van der Waals surface area contributed by atoms with E-state index in [1.54, 1.807) is 30.2 Å². The van der Waals surface area contributed by atoms with Gasteiger partial charge in [-0.15, -0.1) is 11.3 Å². The fourth-order valence-electron chi connectivity index (χ4n) is 3.57. The number of anilines is 1. The van der Waals surface area contributed by atoms with Crippen LogP contribution in [0.5, 0.6) is 0 Å². The SMILES string of the molecule is C=C(Nc1sc2c(c1SNC1CC(F)C1)CCCC2)C1CC1(C)F. The Morgan fingerprint density at radius 3 is 2.71 bits per heavy atom. The lowest BCUT2D eigenvalue weighted by atomic mass is 9.92. The number of hydrogen-bond acceptors (Lipinski definition) is 4. The molecule has 132 valence electrons. The summed E-state index contributed by atoms with van der Waals surface area (Å²) in [5.41, 5.74) is 1.11. The van der Waals surface area contributed by atoms with Crippen molar-refractivity contribution < 1.29 is 8.78 Å². The van der Waals surface area contributed by atoms with Crippen molar-refractivity contribution in [2.45, 2.75) is 74.6 Å². The molecule has 2 atom stereocenters. The summed E-state index contributed by atoms with van der Waals surface area (Å²) in [6.45, 7) is 5.71. The van der Waals surface area contributed by atoms with E-state index >= 15 is 0 Å². The van der Waals surface area contributed by atoms with Crippen LogP contribution in [0.3, 0.4) is 0 Å².